The highest BCUT2D eigenvalue weighted by Gasteiger charge is 2.44. The van der Waals surface area contributed by atoms with Crippen molar-refractivity contribution in [3.8, 4) is 5.75 Å². The minimum Gasteiger partial charge on any atom is -0.497 e. The molecule has 2 heterocycles. The molecule has 3 rings (SSSR count). The van der Waals surface area contributed by atoms with E-state index in [0.29, 0.717) is 18.0 Å². The van der Waals surface area contributed by atoms with Crippen molar-refractivity contribution in [2.75, 3.05) is 20.2 Å². The van der Waals surface area contributed by atoms with E-state index in [1.54, 1.807) is 14.0 Å². The van der Waals surface area contributed by atoms with Crippen LogP contribution in [0.1, 0.15) is 31.2 Å². The van der Waals surface area contributed by atoms with Crippen molar-refractivity contribution in [3.05, 3.63) is 29.8 Å². The van der Waals surface area contributed by atoms with E-state index >= 15 is 0 Å². The second-order valence-electron chi connectivity index (χ2n) is 5.74. The molecule has 2 aliphatic heterocycles. The van der Waals surface area contributed by atoms with E-state index in [9.17, 15) is 4.79 Å². The van der Waals surface area contributed by atoms with Gasteiger partial charge in [-0.15, -0.1) is 0 Å². The molecule has 0 unspecified atom stereocenters. The molecular weight excluding hydrogens is 252 g/mol. The largest absolute Gasteiger partial charge is 0.497 e. The number of likely N-dealkylation sites (tertiary alicyclic amines) is 1. The first-order chi connectivity index (χ1) is 9.70. The maximum Gasteiger partial charge on any atom is 0.219 e. The van der Waals surface area contributed by atoms with Crippen LogP contribution in [0.25, 0.3) is 0 Å². The van der Waals surface area contributed by atoms with E-state index in [1.807, 2.05) is 17.0 Å². The zero-order chi connectivity index (χ0) is 14.1. The van der Waals surface area contributed by atoms with Crippen LogP contribution in [-0.4, -0.2) is 43.1 Å². The fourth-order valence-corrected chi connectivity index (χ4v) is 3.64. The Morgan fingerprint density at radius 1 is 1.35 bits per heavy atom. The van der Waals surface area contributed by atoms with Gasteiger partial charge >= 0.3 is 0 Å². The van der Waals surface area contributed by atoms with Gasteiger partial charge in [-0.25, -0.2) is 0 Å². The molecule has 3 atom stereocenters. The van der Waals surface area contributed by atoms with Crippen LogP contribution in [0.4, 0.5) is 0 Å². The number of ether oxygens (including phenoxy) is 1. The van der Waals surface area contributed by atoms with Crippen LogP contribution in [0.15, 0.2) is 24.3 Å². The summed E-state index contributed by atoms with van der Waals surface area (Å²) in [6.07, 6.45) is 2.27. The van der Waals surface area contributed by atoms with Crippen LogP contribution < -0.4 is 10.1 Å². The smallest absolute Gasteiger partial charge is 0.219 e. The number of hydrogen-bond donors (Lipinski definition) is 1. The van der Waals surface area contributed by atoms with Crippen molar-refractivity contribution in [3.63, 3.8) is 0 Å². The van der Waals surface area contributed by atoms with Crippen molar-refractivity contribution >= 4 is 5.91 Å². The van der Waals surface area contributed by atoms with Crippen molar-refractivity contribution in [1.82, 2.24) is 10.2 Å². The van der Waals surface area contributed by atoms with Crippen LogP contribution in [0.5, 0.6) is 5.75 Å². The zero-order valence-corrected chi connectivity index (χ0v) is 12.1. The topological polar surface area (TPSA) is 41.6 Å². The van der Waals surface area contributed by atoms with Crippen molar-refractivity contribution in [1.29, 1.82) is 0 Å². The molecule has 1 amide bonds. The highest BCUT2D eigenvalue weighted by Crippen LogP contribution is 2.36. The maximum atomic E-state index is 11.9. The Hall–Kier alpha value is -1.55. The minimum absolute atomic E-state index is 0.194. The second kappa shape index (κ2) is 5.44. The first kappa shape index (κ1) is 13.4. The summed E-state index contributed by atoms with van der Waals surface area (Å²) in [7, 11) is 1.68. The molecule has 0 saturated carbocycles. The lowest BCUT2D eigenvalue weighted by Crippen LogP contribution is -2.49. The third-order valence-corrected chi connectivity index (χ3v) is 4.65. The molecule has 0 spiro atoms. The molecule has 20 heavy (non-hydrogen) atoms. The predicted octanol–water partition coefficient (Wildman–Crippen LogP) is 1.76. The number of benzene rings is 1. The molecule has 0 aromatic heterocycles. The molecular formula is C16H22N2O2. The summed E-state index contributed by atoms with van der Waals surface area (Å²) in [6, 6.07) is 9.00. The summed E-state index contributed by atoms with van der Waals surface area (Å²) < 4.78 is 5.22. The number of carbonyl (C=O) groups excluding carboxylic acids is 1. The molecule has 0 aliphatic carbocycles. The average molecular weight is 274 g/mol. The summed E-state index contributed by atoms with van der Waals surface area (Å²) in [6.45, 7) is 3.56. The van der Waals surface area contributed by atoms with Gasteiger partial charge in [0.2, 0.25) is 5.91 Å². The molecule has 2 saturated heterocycles. The summed E-state index contributed by atoms with van der Waals surface area (Å²) in [5.41, 5.74) is 1.29. The fourth-order valence-electron chi connectivity index (χ4n) is 3.64. The van der Waals surface area contributed by atoms with Crippen LogP contribution in [0.2, 0.25) is 0 Å². The van der Waals surface area contributed by atoms with E-state index < -0.39 is 0 Å². The van der Waals surface area contributed by atoms with Crippen molar-refractivity contribution in [2.45, 2.75) is 37.8 Å². The van der Waals surface area contributed by atoms with Gasteiger partial charge in [0.05, 0.1) is 7.11 Å². The molecule has 2 aliphatic rings. The highest BCUT2D eigenvalue weighted by atomic mass is 16.5. The van der Waals surface area contributed by atoms with Gasteiger partial charge in [0, 0.05) is 31.5 Å². The normalized spacial score (nSPS) is 29.1. The average Bonchev–Trinajstić information content (AvgIpc) is 2.87. The summed E-state index contributed by atoms with van der Waals surface area (Å²) in [5.74, 6) is 1.46. The SMILES string of the molecule is COc1ccc([C@@H]2CN(C(C)=O)[C@H]3CCCN[C@H]23)cc1. The lowest BCUT2D eigenvalue weighted by Gasteiger charge is -2.33. The molecule has 1 aromatic rings. The quantitative estimate of drug-likeness (QED) is 0.893. The maximum absolute atomic E-state index is 11.9. The van der Waals surface area contributed by atoms with Gasteiger partial charge in [-0.3, -0.25) is 4.79 Å². The molecule has 4 nitrogen and oxygen atoms in total. The molecule has 4 heteroatoms. The van der Waals surface area contributed by atoms with Crippen LogP contribution in [0.3, 0.4) is 0 Å². The Bertz CT molecular complexity index is 486. The molecule has 0 radical (unpaired) electrons. The van der Waals surface area contributed by atoms with Gasteiger partial charge in [0.15, 0.2) is 0 Å². The number of fused-ring (bicyclic) bond motifs is 1. The number of methoxy groups -OCH3 is 1. The van der Waals surface area contributed by atoms with Crippen LogP contribution in [0, 0.1) is 0 Å². The van der Waals surface area contributed by atoms with Crippen LogP contribution >= 0.6 is 0 Å². The molecule has 2 fully saturated rings. The number of amides is 1. The van der Waals surface area contributed by atoms with Crippen molar-refractivity contribution in [2.24, 2.45) is 0 Å². The lowest BCUT2D eigenvalue weighted by molar-refractivity contribution is -0.130. The van der Waals surface area contributed by atoms with Crippen LogP contribution in [-0.2, 0) is 4.79 Å². The number of carbonyl (C=O) groups is 1. The Labute approximate surface area is 120 Å². The molecule has 108 valence electrons. The van der Waals surface area contributed by atoms with E-state index in [4.69, 9.17) is 4.74 Å². The van der Waals surface area contributed by atoms with Gasteiger partial charge in [-0.1, -0.05) is 12.1 Å². The zero-order valence-electron chi connectivity index (χ0n) is 12.1. The Morgan fingerprint density at radius 2 is 2.10 bits per heavy atom. The summed E-state index contributed by atoms with van der Waals surface area (Å²) in [4.78, 5) is 13.9. The lowest BCUT2D eigenvalue weighted by atomic mass is 9.87. The third kappa shape index (κ3) is 2.29. The van der Waals surface area contributed by atoms with Gasteiger partial charge in [0.1, 0.15) is 5.75 Å². The number of hydrogen-bond acceptors (Lipinski definition) is 3. The number of nitrogens with one attached hydrogen (secondary N) is 1. The fraction of sp³-hybridized carbons (Fsp3) is 0.562. The number of nitrogens with zero attached hydrogens (tertiary/aromatic N) is 1. The predicted molar refractivity (Wildman–Crippen MR) is 77.9 cm³/mol. The number of rotatable bonds is 2. The van der Waals surface area contributed by atoms with Gasteiger partial charge in [0.25, 0.3) is 0 Å². The standard InChI is InChI=1S/C16H22N2O2/c1-11(19)18-10-14(16-15(18)4-3-9-17-16)12-5-7-13(20-2)8-6-12/h5-8,14-17H,3-4,9-10H2,1-2H3/t14-,15-,16+/m0/s1. The Kier molecular flexibility index (Phi) is 3.66. The van der Waals surface area contributed by atoms with Crippen molar-refractivity contribution < 1.29 is 9.53 Å². The highest BCUT2D eigenvalue weighted by molar-refractivity contribution is 5.74. The third-order valence-electron chi connectivity index (χ3n) is 4.65. The Morgan fingerprint density at radius 3 is 2.75 bits per heavy atom. The van der Waals surface area contributed by atoms with Gasteiger partial charge in [-0.05, 0) is 37.1 Å². The first-order valence-electron chi connectivity index (χ1n) is 7.35. The molecule has 1 N–H and O–H groups in total. The number of piperidine rings is 1. The summed E-state index contributed by atoms with van der Waals surface area (Å²) >= 11 is 0. The summed E-state index contributed by atoms with van der Waals surface area (Å²) in [5, 5.41) is 3.62. The van der Waals surface area contributed by atoms with E-state index in [2.05, 4.69) is 17.4 Å². The van der Waals surface area contributed by atoms with Gasteiger partial charge < -0.3 is 15.0 Å². The molecule has 0 bridgehead atoms. The van der Waals surface area contributed by atoms with E-state index in [-0.39, 0.29) is 5.91 Å². The van der Waals surface area contributed by atoms with E-state index in [1.165, 1.54) is 5.56 Å². The van der Waals surface area contributed by atoms with E-state index in [0.717, 1.165) is 31.7 Å². The monoisotopic (exact) mass is 274 g/mol. The first-order valence-corrected chi connectivity index (χ1v) is 7.35. The van der Waals surface area contributed by atoms with Gasteiger partial charge in [-0.2, -0.15) is 0 Å². The minimum atomic E-state index is 0.194. The Balaban J connectivity index is 1.86. The molecule has 1 aromatic carbocycles. The second-order valence-corrected chi connectivity index (χ2v) is 5.74.